The summed E-state index contributed by atoms with van der Waals surface area (Å²) < 4.78 is 14.0. The maximum absolute atomic E-state index is 14.0. The Labute approximate surface area is 122 Å². The van der Waals surface area contributed by atoms with E-state index in [9.17, 15) is 4.39 Å². The van der Waals surface area contributed by atoms with Crippen LogP contribution in [0.2, 0.25) is 0 Å². The van der Waals surface area contributed by atoms with Gasteiger partial charge in [-0.3, -0.25) is 4.90 Å². The van der Waals surface area contributed by atoms with Crippen LogP contribution in [0.1, 0.15) is 57.1 Å². The summed E-state index contributed by atoms with van der Waals surface area (Å²) in [6.07, 6.45) is 7.29. The Morgan fingerprint density at radius 3 is 2.35 bits per heavy atom. The van der Waals surface area contributed by atoms with Gasteiger partial charge in [-0.1, -0.05) is 43.9 Å². The smallest absolute Gasteiger partial charge is 0.127 e. The molecule has 1 aliphatic carbocycles. The van der Waals surface area contributed by atoms with Crippen molar-refractivity contribution in [2.75, 3.05) is 13.6 Å². The highest BCUT2D eigenvalue weighted by Crippen LogP contribution is 2.36. The SMILES string of the molecule is CC(c1ccccc1F)N(C)C1(CN)CCCCCC1. The lowest BCUT2D eigenvalue weighted by molar-refractivity contribution is 0.0676. The molecule has 0 amide bonds. The summed E-state index contributed by atoms with van der Waals surface area (Å²) in [7, 11) is 2.11. The van der Waals surface area contributed by atoms with E-state index in [1.54, 1.807) is 12.1 Å². The van der Waals surface area contributed by atoms with Gasteiger partial charge in [0.05, 0.1) is 0 Å². The number of nitrogens with two attached hydrogens (primary N) is 1. The van der Waals surface area contributed by atoms with Gasteiger partial charge >= 0.3 is 0 Å². The third-order valence-electron chi connectivity index (χ3n) is 5.10. The number of hydrogen-bond acceptors (Lipinski definition) is 2. The highest BCUT2D eigenvalue weighted by molar-refractivity contribution is 5.21. The number of likely N-dealkylation sites (N-methyl/N-ethyl adjacent to an activating group) is 1. The van der Waals surface area contributed by atoms with Crippen LogP contribution in [0, 0.1) is 5.82 Å². The molecule has 0 spiro atoms. The standard InChI is InChI=1S/C17H27FN2/c1-14(15-9-5-6-10-16(15)18)20(2)17(13-19)11-7-3-4-8-12-17/h5-6,9-10,14H,3-4,7-8,11-13,19H2,1-2H3. The minimum Gasteiger partial charge on any atom is -0.329 e. The molecule has 1 atom stereocenters. The maximum Gasteiger partial charge on any atom is 0.127 e. The molecule has 2 nitrogen and oxygen atoms in total. The topological polar surface area (TPSA) is 29.3 Å². The third-order valence-corrected chi connectivity index (χ3v) is 5.10. The molecule has 2 N–H and O–H groups in total. The van der Waals surface area contributed by atoms with E-state index in [0.29, 0.717) is 6.54 Å². The first-order valence-electron chi connectivity index (χ1n) is 7.78. The Balaban J connectivity index is 2.23. The summed E-state index contributed by atoms with van der Waals surface area (Å²) in [6, 6.07) is 7.14. The van der Waals surface area contributed by atoms with E-state index in [-0.39, 0.29) is 17.4 Å². The van der Waals surface area contributed by atoms with Gasteiger partial charge in [-0.15, -0.1) is 0 Å². The first kappa shape index (κ1) is 15.5. The third kappa shape index (κ3) is 3.04. The lowest BCUT2D eigenvalue weighted by Crippen LogP contribution is -2.52. The molecule has 0 heterocycles. The predicted molar refractivity (Wildman–Crippen MR) is 82.1 cm³/mol. The fourth-order valence-electron chi connectivity index (χ4n) is 3.52. The van der Waals surface area contributed by atoms with Crippen LogP contribution in [0.4, 0.5) is 4.39 Å². The average Bonchev–Trinajstić information content (AvgIpc) is 2.72. The Bertz CT molecular complexity index is 425. The van der Waals surface area contributed by atoms with E-state index < -0.39 is 0 Å². The summed E-state index contributed by atoms with van der Waals surface area (Å²) in [4.78, 5) is 2.32. The number of hydrogen-bond donors (Lipinski definition) is 1. The number of nitrogens with zero attached hydrogens (tertiary/aromatic N) is 1. The van der Waals surface area contributed by atoms with Crippen LogP contribution in [0.15, 0.2) is 24.3 Å². The van der Waals surface area contributed by atoms with E-state index >= 15 is 0 Å². The van der Waals surface area contributed by atoms with Crippen LogP contribution in [0.5, 0.6) is 0 Å². The molecule has 0 bridgehead atoms. The number of halogens is 1. The molecular formula is C17H27FN2. The quantitative estimate of drug-likeness (QED) is 0.847. The summed E-state index contributed by atoms with van der Waals surface area (Å²) in [5.41, 5.74) is 6.92. The number of rotatable bonds is 4. The first-order chi connectivity index (χ1) is 9.60. The van der Waals surface area contributed by atoms with Gasteiger partial charge in [-0.05, 0) is 32.9 Å². The minimum absolute atomic E-state index is 0.0260. The largest absolute Gasteiger partial charge is 0.329 e. The van der Waals surface area contributed by atoms with Crippen LogP contribution in [0.25, 0.3) is 0 Å². The van der Waals surface area contributed by atoms with Crippen molar-refractivity contribution in [3.8, 4) is 0 Å². The van der Waals surface area contributed by atoms with Crippen LogP contribution in [-0.2, 0) is 0 Å². The minimum atomic E-state index is -0.118. The Hall–Kier alpha value is -0.930. The van der Waals surface area contributed by atoms with Crippen molar-refractivity contribution < 1.29 is 4.39 Å². The molecule has 1 fully saturated rings. The van der Waals surface area contributed by atoms with Crippen molar-refractivity contribution in [1.29, 1.82) is 0 Å². The second-order valence-electron chi connectivity index (χ2n) is 6.15. The molecule has 0 aromatic heterocycles. The molecule has 0 saturated heterocycles. The molecule has 1 unspecified atom stereocenters. The molecule has 3 heteroatoms. The molecule has 20 heavy (non-hydrogen) atoms. The van der Waals surface area contributed by atoms with Crippen LogP contribution in [-0.4, -0.2) is 24.0 Å². The second kappa shape index (κ2) is 6.68. The van der Waals surface area contributed by atoms with Crippen molar-refractivity contribution in [3.63, 3.8) is 0 Å². The zero-order valence-electron chi connectivity index (χ0n) is 12.7. The maximum atomic E-state index is 14.0. The van der Waals surface area contributed by atoms with Crippen LogP contribution < -0.4 is 5.73 Å². The van der Waals surface area contributed by atoms with E-state index in [2.05, 4.69) is 18.9 Å². The molecule has 0 radical (unpaired) electrons. The Kier molecular flexibility index (Phi) is 5.17. The van der Waals surface area contributed by atoms with Gasteiger partial charge in [-0.2, -0.15) is 0 Å². The molecule has 1 aromatic rings. The van der Waals surface area contributed by atoms with E-state index in [1.807, 2.05) is 12.1 Å². The lowest BCUT2D eigenvalue weighted by atomic mass is 9.86. The van der Waals surface area contributed by atoms with Crippen LogP contribution >= 0.6 is 0 Å². The van der Waals surface area contributed by atoms with E-state index in [0.717, 1.165) is 18.4 Å². The molecular weight excluding hydrogens is 251 g/mol. The van der Waals surface area contributed by atoms with Gasteiger partial charge in [-0.25, -0.2) is 4.39 Å². The van der Waals surface area contributed by atoms with Gasteiger partial charge in [0.25, 0.3) is 0 Å². The normalized spacial score (nSPS) is 20.6. The Morgan fingerprint density at radius 1 is 1.20 bits per heavy atom. The van der Waals surface area contributed by atoms with Gasteiger partial charge in [0.2, 0.25) is 0 Å². The first-order valence-corrected chi connectivity index (χ1v) is 7.78. The average molecular weight is 278 g/mol. The van der Waals surface area contributed by atoms with Gasteiger partial charge in [0.15, 0.2) is 0 Å². The van der Waals surface area contributed by atoms with Crippen molar-refractivity contribution >= 4 is 0 Å². The molecule has 1 aromatic carbocycles. The predicted octanol–water partition coefficient (Wildman–Crippen LogP) is 3.87. The fourth-order valence-corrected chi connectivity index (χ4v) is 3.52. The lowest BCUT2D eigenvalue weighted by Gasteiger charge is -2.44. The van der Waals surface area contributed by atoms with E-state index in [4.69, 9.17) is 5.73 Å². The zero-order valence-corrected chi connectivity index (χ0v) is 12.7. The number of benzene rings is 1. The van der Waals surface area contributed by atoms with Gasteiger partial charge in [0, 0.05) is 23.7 Å². The van der Waals surface area contributed by atoms with Crippen LogP contribution in [0.3, 0.4) is 0 Å². The fraction of sp³-hybridized carbons (Fsp3) is 0.647. The van der Waals surface area contributed by atoms with Gasteiger partial charge in [0.1, 0.15) is 5.82 Å². The summed E-state index contributed by atoms with van der Waals surface area (Å²) in [5.74, 6) is -0.118. The molecule has 0 aliphatic heterocycles. The molecule has 112 valence electrons. The van der Waals surface area contributed by atoms with E-state index in [1.165, 1.54) is 25.7 Å². The van der Waals surface area contributed by atoms with Crippen molar-refractivity contribution in [3.05, 3.63) is 35.6 Å². The highest BCUT2D eigenvalue weighted by atomic mass is 19.1. The zero-order chi connectivity index (χ0) is 14.6. The molecule has 1 saturated carbocycles. The van der Waals surface area contributed by atoms with Crippen molar-refractivity contribution in [2.24, 2.45) is 5.73 Å². The monoisotopic (exact) mass is 278 g/mol. The Morgan fingerprint density at radius 2 is 1.80 bits per heavy atom. The summed E-state index contributed by atoms with van der Waals surface area (Å²) >= 11 is 0. The molecule has 2 rings (SSSR count). The second-order valence-corrected chi connectivity index (χ2v) is 6.15. The van der Waals surface area contributed by atoms with Crippen molar-refractivity contribution in [2.45, 2.75) is 57.0 Å². The summed E-state index contributed by atoms with van der Waals surface area (Å²) in [5, 5.41) is 0. The summed E-state index contributed by atoms with van der Waals surface area (Å²) in [6.45, 7) is 2.74. The van der Waals surface area contributed by atoms with Crippen molar-refractivity contribution in [1.82, 2.24) is 4.90 Å². The highest BCUT2D eigenvalue weighted by Gasteiger charge is 2.36. The van der Waals surface area contributed by atoms with Gasteiger partial charge < -0.3 is 5.73 Å². The molecule has 1 aliphatic rings.